The van der Waals surface area contributed by atoms with Gasteiger partial charge in [-0.1, -0.05) is 13.8 Å². The molecule has 0 aromatic rings. The Morgan fingerprint density at radius 3 is 2.14 bits per heavy atom. The second kappa shape index (κ2) is 13.2. The van der Waals surface area contributed by atoms with E-state index in [1.807, 2.05) is 0 Å². The Morgan fingerprint density at radius 1 is 1.06 bits per heavy atom. The molecule has 0 aromatic carbocycles. The van der Waals surface area contributed by atoms with Crippen molar-refractivity contribution in [2.75, 3.05) is 6.54 Å². The van der Waals surface area contributed by atoms with Gasteiger partial charge in [-0.15, -0.1) is 0 Å². The maximum absolute atomic E-state index is 12.4. The molecule has 200 valence electrons. The third-order valence-corrected chi connectivity index (χ3v) is 5.75. The van der Waals surface area contributed by atoms with Crippen LogP contribution in [-0.2, 0) is 14.4 Å². The molecule has 0 spiro atoms. The van der Waals surface area contributed by atoms with Gasteiger partial charge in [0.05, 0.1) is 30.8 Å². The maximum atomic E-state index is 12.4. The second-order valence-electron chi connectivity index (χ2n) is 9.03. The summed E-state index contributed by atoms with van der Waals surface area (Å²) in [6.07, 6.45) is -2.30. The van der Waals surface area contributed by atoms with Crippen molar-refractivity contribution in [1.29, 1.82) is 0 Å². The van der Waals surface area contributed by atoms with Gasteiger partial charge in [0.1, 0.15) is 12.1 Å². The average molecular weight is 503 g/mol. The van der Waals surface area contributed by atoms with Gasteiger partial charge >= 0.3 is 12.0 Å². The lowest BCUT2D eigenvalue weighted by molar-refractivity contribution is -0.143. The lowest BCUT2D eigenvalue weighted by Gasteiger charge is -2.25. The van der Waals surface area contributed by atoms with Crippen molar-refractivity contribution < 1.29 is 34.5 Å². The summed E-state index contributed by atoms with van der Waals surface area (Å²) in [7, 11) is 0. The number of carboxylic acids is 1. The zero-order valence-corrected chi connectivity index (χ0v) is 20.1. The highest BCUT2D eigenvalue weighted by atomic mass is 16.4. The number of urea groups is 1. The molecule has 0 saturated heterocycles. The van der Waals surface area contributed by atoms with Crippen LogP contribution in [0.5, 0.6) is 0 Å². The first-order valence-electron chi connectivity index (χ1n) is 11.3. The highest BCUT2D eigenvalue weighted by Gasteiger charge is 2.32. The number of hydrogen-bond acceptors (Lipinski definition) is 10. The highest BCUT2D eigenvalue weighted by molar-refractivity contribution is 5.96. The minimum atomic E-state index is -1.22. The first-order valence-corrected chi connectivity index (χ1v) is 11.3. The number of carboxylic acid groups (broad SMARTS) is 1. The third-order valence-electron chi connectivity index (χ3n) is 5.75. The number of amides is 4. The monoisotopic (exact) mass is 502 g/mol. The van der Waals surface area contributed by atoms with E-state index in [1.165, 1.54) is 6.92 Å². The van der Waals surface area contributed by atoms with E-state index in [4.69, 9.17) is 22.9 Å². The number of nitrogens with one attached hydrogen (secondary N) is 2. The minimum absolute atomic E-state index is 0.0134. The molecule has 1 heterocycles. The predicted octanol–water partition coefficient (Wildman–Crippen LogP) is -3.66. The zero-order chi connectivity index (χ0) is 27.0. The van der Waals surface area contributed by atoms with E-state index in [0.717, 1.165) is 4.90 Å². The number of aliphatic hydroxyl groups is 2. The van der Waals surface area contributed by atoms with Crippen LogP contribution in [0.2, 0.25) is 0 Å². The van der Waals surface area contributed by atoms with Crippen LogP contribution in [0.4, 0.5) is 4.79 Å². The normalized spacial score (nSPS) is 20.9. The molecule has 35 heavy (non-hydrogen) atoms. The fourth-order valence-corrected chi connectivity index (χ4v) is 3.46. The second-order valence-corrected chi connectivity index (χ2v) is 9.03. The summed E-state index contributed by atoms with van der Waals surface area (Å²) in [6.45, 7) is 4.73. The van der Waals surface area contributed by atoms with Gasteiger partial charge in [0.25, 0.3) is 0 Å². The maximum Gasteiger partial charge on any atom is 0.326 e. The van der Waals surface area contributed by atoms with Gasteiger partial charge in [-0.05, 0) is 25.7 Å². The van der Waals surface area contributed by atoms with Crippen molar-refractivity contribution in [2.45, 2.75) is 82.5 Å². The Hall–Kier alpha value is -3.01. The van der Waals surface area contributed by atoms with Gasteiger partial charge in [0.2, 0.25) is 11.8 Å². The summed E-state index contributed by atoms with van der Waals surface area (Å²) in [5.41, 5.74) is 22.6. The van der Waals surface area contributed by atoms with E-state index in [9.17, 15) is 34.5 Å². The van der Waals surface area contributed by atoms with Crippen molar-refractivity contribution in [3.05, 3.63) is 0 Å². The number of hydrogen-bond donors (Lipinski definition) is 9. The Bertz CT molecular complexity index is 808. The number of carbonyl (C=O) groups excluding carboxylic acids is 3. The van der Waals surface area contributed by atoms with Crippen LogP contribution in [-0.4, -0.2) is 99.0 Å². The van der Waals surface area contributed by atoms with Gasteiger partial charge in [-0.25, -0.2) is 14.6 Å². The van der Waals surface area contributed by atoms with Crippen LogP contribution in [0.1, 0.15) is 40.0 Å². The predicted molar refractivity (Wildman–Crippen MR) is 126 cm³/mol. The molecule has 0 unspecified atom stereocenters. The summed E-state index contributed by atoms with van der Waals surface area (Å²) in [4.78, 5) is 52.2. The number of rotatable bonds is 13. The number of aliphatic imine (C=N–C) groups is 1. The fraction of sp³-hybridized carbons (Fsp3) is 0.750. The summed E-state index contributed by atoms with van der Waals surface area (Å²) in [5.74, 6) is -3.04. The Labute approximate surface area is 203 Å². The summed E-state index contributed by atoms with van der Waals surface area (Å²) in [6, 6.07) is -5.60. The first-order chi connectivity index (χ1) is 16.1. The fourth-order valence-electron chi connectivity index (χ4n) is 3.46. The van der Waals surface area contributed by atoms with Crippen LogP contribution in [0, 0.1) is 5.92 Å². The number of primary amides is 1. The Balaban J connectivity index is 2.50. The molecular formula is C20H38N8O7. The van der Waals surface area contributed by atoms with Gasteiger partial charge in [-0.3, -0.25) is 14.5 Å². The average Bonchev–Trinajstić information content (AvgIpc) is 3.14. The van der Waals surface area contributed by atoms with Gasteiger partial charge in [0.15, 0.2) is 5.96 Å². The van der Waals surface area contributed by atoms with E-state index >= 15 is 0 Å². The van der Waals surface area contributed by atoms with Gasteiger partial charge in [-0.2, -0.15) is 0 Å². The number of guanidine groups is 1. The Kier molecular flexibility index (Phi) is 11.3. The molecule has 0 bridgehead atoms. The minimum Gasteiger partial charge on any atom is -0.480 e. The summed E-state index contributed by atoms with van der Waals surface area (Å²) >= 11 is 0. The molecule has 1 aliphatic heterocycles. The highest BCUT2D eigenvalue weighted by Crippen LogP contribution is 2.16. The van der Waals surface area contributed by atoms with Crippen molar-refractivity contribution >= 4 is 29.8 Å². The molecule has 15 nitrogen and oxygen atoms in total. The smallest absolute Gasteiger partial charge is 0.326 e. The van der Waals surface area contributed by atoms with E-state index in [2.05, 4.69) is 15.6 Å². The zero-order valence-electron chi connectivity index (χ0n) is 20.1. The van der Waals surface area contributed by atoms with E-state index < -0.39 is 66.2 Å². The molecular weight excluding hydrogens is 464 g/mol. The topological polar surface area (TPSA) is 273 Å². The summed E-state index contributed by atoms with van der Waals surface area (Å²) in [5, 5.41) is 34.4. The van der Waals surface area contributed by atoms with E-state index in [0.29, 0.717) is 0 Å². The quantitative estimate of drug-likeness (QED) is 0.119. The molecule has 13 N–H and O–H groups in total. The Morgan fingerprint density at radius 2 is 1.66 bits per heavy atom. The molecule has 4 amide bonds. The van der Waals surface area contributed by atoms with Crippen molar-refractivity contribution in [3.8, 4) is 0 Å². The number of aliphatic hydroxyl groups excluding tert-OH is 2. The lowest BCUT2D eigenvalue weighted by atomic mass is 9.96. The number of nitrogens with two attached hydrogens (primary N) is 4. The molecule has 7 atom stereocenters. The SMILES string of the molecule is CC(C)[C@H](NC(=O)[C@H](C)NC(=O)[C@H](N)[C@@H](N)CC[C@@H](O)[C@H](O)C[C@@H]1CN(C(N)=O)C(N)=N1)C(=O)O. The molecule has 0 radical (unpaired) electrons. The van der Waals surface area contributed by atoms with Crippen LogP contribution in [0.3, 0.4) is 0 Å². The van der Waals surface area contributed by atoms with Crippen molar-refractivity contribution in [1.82, 2.24) is 15.5 Å². The van der Waals surface area contributed by atoms with Crippen molar-refractivity contribution in [2.24, 2.45) is 33.8 Å². The van der Waals surface area contributed by atoms with Crippen molar-refractivity contribution in [3.63, 3.8) is 0 Å². The largest absolute Gasteiger partial charge is 0.480 e. The molecule has 1 rings (SSSR count). The summed E-state index contributed by atoms with van der Waals surface area (Å²) < 4.78 is 0. The number of aliphatic carboxylic acids is 1. The van der Waals surface area contributed by atoms with Gasteiger partial charge in [0, 0.05) is 12.5 Å². The molecule has 1 aliphatic rings. The third kappa shape index (κ3) is 8.93. The first kappa shape index (κ1) is 30.0. The molecule has 0 aliphatic carbocycles. The lowest BCUT2D eigenvalue weighted by Crippen LogP contribution is -2.57. The molecule has 15 heteroatoms. The number of carbonyl (C=O) groups is 4. The van der Waals surface area contributed by atoms with E-state index in [-0.39, 0.29) is 37.7 Å². The van der Waals surface area contributed by atoms with Crippen LogP contribution >= 0.6 is 0 Å². The van der Waals surface area contributed by atoms with Crippen LogP contribution < -0.4 is 33.6 Å². The van der Waals surface area contributed by atoms with Gasteiger partial charge < -0.3 is 48.9 Å². The molecule has 0 aromatic heterocycles. The molecule has 0 fully saturated rings. The van der Waals surface area contributed by atoms with E-state index in [1.54, 1.807) is 13.8 Å². The standard InChI is InChI=1S/C20H38N8O7/c1-8(2)15(18(33)34)27-16(31)9(3)25-17(32)14(22)11(21)4-5-12(29)13(30)6-10-7-28(20(24)35)19(23)26-10/h8-15,29-30H,4-7,21-22H2,1-3H3,(H2,23,26)(H2,24,35)(H,25,32)(H,27,31)(H,33,34)/t9-,10+,11-,12+,13+,14+,15-/m0/s1. The van der Waals surface area contributed by atoms with Crippen LogP contribution in [0.25, 0.3) is 0 Å². The molecule has 0 saturated carbocycles. The number of nitrogens with zero attached hydrogens (tertiary/aromatic N) is 2. The van der Waals surface area contributed by atoms with Crippen LogP contribution in [0.15, 0.2) is 4.99 Å².